The number of aliphatic carboxylic acids is 1. The lowest BCUT2D eigenvalue weighted by molar-refractivity contribution is -0.141. The largest absolute Gasteiger partial charge is 0.480 e. The van der Waals surface area contributed by atoms with Crippen molar-refractivity contribution >= 4 is 21.7 Å². The lowest BCUT2D eigenvalue weighted by Gasteiger charge is -2.22. The highest BCUT2D eigenvalue weighted by molar-refractivity contribution is 7.90. The Morgan fingerprint density at radius 3 is 2.59 bits per heavy atom. The Kier molecular flexibility index (Phi) is 4.55. The third-order valence-corrected chi connectivity index (χ3v) is 5.07. The van der Waals surface area contributed by atoms with Crippen LogP contribution in [-0.4, -0.2) is 49.1 Å². The van der Waals surface area contributed by atoms with Crippen molar-refractivity contribution in [2.75, 3.05) is 12.8 Å². The number of sulfone groups is 1. The van der Waals surface area contributed by atoms with Crippen molar-refractivity contribution in [1.82, 2.24) is 4.90 Å². The topological polar surface area (TPSA) is 91.8 Å². The van der Waals surface area contributed by atoms with E-state index in [0.29, 0.717) is 31.4 Å². The fourth-order valence-electron chi connectivity index (χ4n) is 2.76. The van der Waals surface area contributed by atoms with Crippen LogP contribution >= 0.6 is 0 Å². The van der Waals surface area contributed by atoms with Gasteiger partial charge < -0.3 is 10.0 Å². The summed E-state index contributed by atoms with van der Waals surface area (Å²) in [4.78, 5) is 25.1. The molecule has 0 aromatic heterocycles. The zero-order valence-corrected chi connectivity index (χ0v) is 13.4. The van der Waals surface area contributed by atoms with Gasteiger partial charge in [0, 0.05) is 18.4 Å². The summed E-state index contributed by atoms with van der Waals surface area (Å²) in [5.41, 5.74) is 0.862. The zero-order chi connectivity index (χ0) is 16.5. The molecule has 0 aliphatic carbocycles. The Hall–Kier alpha value is -1.89. The SMILES string of the molecule is CCc1ccc(C(=O)N2CCCC2C(=O)O)cc1S(C)(=O)=O. The van der Waals surface area contributed by atoms with Crippen LogP contribution in [0.2, 0.25) is 0 Å². The second-order valence-electron chi connectivity index (χ2n) is 5.44. The lowest BCUT2D eigenvalue weighted by atomic mass is 10.1. The van der Waals surface area contributed by atoms with E-state index in [1.807, 2.05) is 6.92 Å². The minimum atomic E-state index is -3.44. The molecule has 6 nitrogen and oxygen atoms in total. The van der Waals surface area contributed by atoms with E-state index in [-0.39, 0.29) is 10.5 Å². The van der Waals surface area contributed by atoms with Gasteiger partial charge in [-0.05, 0) is 37.0 Å². The summed E-state index contributed by atoms with van der Waals surface area (Å²) in [6.45, 7) is 2.21. The second-order valence-corrected chi connectivity index (χ2v) is 7.43. The van der Waals surface area contributed by atoms with Crippen molar-refractivity contribution in [3.8, 4) is 0 Å². The molecular formula is C15H19NO5S. The molecule has 1 aromatic carbocycles. The standard InChI is InChI=1S/C15H19NO5S/c1-3-10-6-7-11(9-13(10)22(2,20)21)14(17)16-8-4-5-12(16)15(18)19/h6-7,9,12H,3-5,8H2,1-2H3,(H,18,19). The summed E-state index contributed by atoms with van der Waals surface area (Å²) in [7, 11) is -3.44. The van der Waals surface area contributed by atoms with Crippen LogP contribution in [0, 0.1) is 0 Å². The van der Waals surface area contributed by atoms with E-state index in [0.717, 1.165) is 6.26 Å². The molecule has 1 aliphatic heterocycles. The van der Waals surface area contributed by atoms with Crippen LogP contribution < -0.4 is 0 Å². The molecule has 1 atom stereocenters. The van der Waals surface area contributed by atoms with Gasteiger partial charge in [0.05, 0.1) is 4.90 Å². The van der Waals surface area contributed by atoms with Gasteiger partial charge in [-0.2, -0.15) is 0 Å². The fraction of sp³-hybridized carbons (Fsp3) is 0.467. The number of rotatable bonds is 4. The second kappa shape index (κ2) is 6.08. The Morgan fingerprint density at radius 1 is 1.36 bits per heavy atom. The first kappa shape index (κ1) is 16.5. The van der Waals surface area contributed by atoms with Crippen molar-refractivity contribution in [2.45, 2.75) is 37.1 Å². The number of hydrogen-bond acceptors (Lipinski definition) is 4. The van der Waals surface area contributed by atoms with Gasteiger partial charge in [-0.3, -0.25) is 4.79 Å². The number of amides is 1. The molecule has 120 valence electrons. The number of carbonyl (C=O) groups excluding carboxylic acids is 1. The van der Waals surface area contributed by atoms with E-state index < -0.39 is 27.8 Å². The third-order valence-electron chi connectivity index (χ3n) is 3.89. The van der Waals surface area contributed by atoms with Crippen LogP contribution in [0.5, 0.6) is 0 Å². The number of carboxylic acid groups (broad SMARTS) is 1. The van der Waals surface area contributed by atoms with Crippen molar-refractivity contribution in [3.63, 3.8) is 0 Å². The Labute approximate surface area is 129 Å². The van der Waals surface area contributed by atoms with Crippen LogP contribution in [0.3, 0.4) is 0 Å². The van der Waals surface area contributed by atoms with Crippen molar-refractivity contribution in [1.29, 1.82) is 0 Å². The van der Waals surface area contributed by atoms with E-state index in [9.17, 15) is 18.0 Å². The molecule has 1 amide bonds. The van der Waals surface area contributed by atoms with Gasteiger partial charge >= 0.3 is 5.97 Å². The highest BCUT2D eigenvalue weighted by Gasteiger charge is 2.34. The maximum atomic E-state index is 12.5. The van der Waals surface area contributed by atoms with Gasteiger partial charge in [0.25, 0.3) is 5.91 Å². The van der Waals surface area contributed by atoms with E-state index in [1.54, 1.807) is 12.1 Å². The molecule has 0 bridgehead atoms. The molecule has 22 heavy (non-hydrogen) atoms. The van der Waals surface area contributed by atoms with Crippen molar-refractivity contribution < 1.29 is 23.1 Å². The first-order valence-electron chi connectivity index (χ1n) is 7.12. The molecule has 1 fully saturated rings. The molecule has 1 N–H and O–H groups in total. The highest BCUT2D eigenvalue weighted by Crippen LogP contribution is 2.23. The highest BCUT2D eigenvalue weighted by atomic mass is 32.2. The molecular weight excluding hydrogens is 306 g/mol. The van der Waals surface area contributed by atoms with E-state index in [4.69, 9.17) is 5.11 Å². The molecule has 7 heteroatoms. The number of carbonyl (C=O) groups is 2. The smallest absolute Gasteiger partial charge is 0.326 e. The number of hydrogen-bond donors (Lipinski definition) is 1. The number of aryl methyl sites for hydroxylation is 1. The molecule has 1 aromatic rings. The number of benzene rings is 1. The Morgan fingerprint density at radius 2 is 2.05 bits per heavy atom. The number of nitrogens with zero attached hydrogens (tertiary/aromatic N) is 1. The molecule has 1 aliphatic rings. The predicted octanol–water partition coefficient (Wildman–Crippen LogP) is 1.34. The van der Waals surface area contributed by atoms with Crippen LogP contribution in [-0.2, 0) is 21.1 Å². The van der Waals surface area contributed by atoms with E-state index >= 15 is 0 Å². The quantitative estimate of drug-likeness (QED) is 0.902. The molecule has 1 heterocycles. The lowest BCUT2D eigenvalue weighted by Crippen LogP contribution is -2.40. The summed E-state index contributed by atoms with van der Waals surface area (Å²) in [6, 6.07) is 3.70. The summed E-state index contributed by atoms with van der Waals surface area (Å²) in [5.74, 6) is -1.46. The first-order chi connectivity index (χ1) is 10.3. The molecule has 1 saturated heterocycles. The first-order valence-corrected chi connectivity index (χ1v) is 9.01. The van der Waals surface area contributed by atoms with Crippen LogP contribution in [0.4, 0.5) is 0 Å². The molecule has 2 rings (SSSR count). The van der Waals surface area contributed by atoms with E-state index in [2.05, 4.69) is 0 Å². The minimum absolute atomic E-state index is 0.131. The maximum absolute atomic E-state index is 12.5. The summed E-state index contributed by atoms with van der Waals surface area (Å²) >= 11 is 0. The Bertz CT molecular complexity index is 711. The van der Waals surface area contributed by atoms with Gasteiger partial charge in [0.2, 0.25) is 0 Å². The normalized spacial score (nSPS) is 18.5. The van der Waals surface area contributed by atoms with Gasteiger partial charge in [0.15, 0.2) is 9.84 Å². The van der Waals surface area contributed by atoms with E-state index in [1.165, 1.54) is 11.0 Å². The molecule has 0 radical (unpaired) electrons. The number of likely N-dealkylation sites (tertiary alicyclic amines) is 1. The van der Waals surface area contributed by atoms with Crippen LogP contribution in [0.25, 0.3) is 0 Å². The van der Waals surface area contributed by atoms with Crippen LogP contribution in [0.1, 0.15) is 35.7 Å². The Balaban J connectivity index is 2.41. The van der Waals surface area contributed by atoms with Crippen LogP contribution in [0.15, 0.2) is 23.1 Å². The fourth-order valence-corrected chi connectivity index (χ4v) is 3.79. The van der Waals surface area contributed by atoms with Gasteiger partial charge in [-0.25, -0.2) is 13.2 Å². The van der Waals surface area contributed by atoms with Crippen molar-refractivity contribution in [2.24, 2.45) is 0 Å². The molecule has 1 unspecified atom stereocenters. The van der Waals surface area contributed by atoms with Crippen molar-refractivity contribution in [3.05, 3.63) is 29.3 Å². The summed E-state index contributed by atoms with van der Waals surface area (Å²) < 4.78 is 23.7. The molecule has 0 saturated carbocycles. The zero-order valence-electron chi connectivity index (χ0n) is 12.6. The average molecular weight is 325 g/mol. The minimum Gasteiger partial charge on any atom is -0.480 e. The number of carboxylic acids is 1. The molecule has 0 spiro atoms. The van der Waals surface area contributed by atoms with Gasteiger partial charge in [0.1, 0.15) is 6.04 Å². The van der Waals surface area contributed by atoms with Gasteiger partial charge in [-0.1, -0.05) is 13.0 Å². The predicted molar refractivity (Wildman–Crippen MR) is 80.6 cm³/mol. The monoisotopic (exact) mass is 325 g/mol. The summed E-state index contributed by atoms with van der Waals surface area (Å²) in [5, 5.41) is 9.16. The third kappa shape index (κ3) is 3.14. The van der Waals surface area contributed by atoms with Gasteiger partial charge in [-0.15, -0.1) is 0 Å². The average Bonchev–Trinajstić information content (AvgIpc) is 2.94. The maximum Gasteiger partial charge on any atom is 0.326 e. The summed E-state index contributed by atoms with van der Waals surface area (Å²) in [6.07, 6.45) is 2.70.